The summed E-state index contributed by atoms with van der Waals surface area (Å²) < 4.78 is 0. The zero-order valence-corrected chi connectivity index (χ0v) is 13.1. The Balaban J connectivity index is 1.75. The number of carbonyl (C=O) groups excluding carboxylic acids is 1. The van der Waals surface area contributed by atoms with Gasteiger partial charge in [-0.05, 0) is 50.9 Å². The lowest BCUT2D eigenvalue weighted by Crippen LogP contribution is -2.39. The second-order valence-corrected chi connectivity index (χ2v) is 6.33. The predicted molar refractivity (Wildman–Crippen MR) is 85.9 cm³/mol. The molecule has 1 fully saturated rings. The number of hydrogen-bond acceptors (Lipinski definition) is 3. The number of aryl methyl sites for hydroxylation is 1. The van der Waals surface area contributed by atoms with Crippen LogP contribution in [0.25, 0.3) is 0 Å². The van der Waals surface area contributed by atoms with Gasteiger partial charge in [0.15, 0.2) is 0 Å². The molecule has 2 heterocycles. The smallest absolute Gasteiger partial charge is 0.255 e. The average molecular weight is 287 g/mol. The van der Waals surface area contributed by atoms with E-state index in [4.69, 9.17) is 0 Å². The number of likely N-dealkylation sites (tertiary alicyclic amines) is 1. The maximum Gasteiger partial charge on any atom is 0.255 e. The molecule has 2 aliphatic heterocycles. The van der Waals surface area contributed by atoms with Gasteiger partial charge in [0, 0.05) is 26.2 Å². The van der Waals surface area contributed by atoms with Gasteiger partial charge in [0.05, 0.1) is 11.3 Å². The quantitative estimate of drug-likeness (QED) is 0.926. The molecule has 0 bridgehead atoms. The van der Waals surface area contributed by atoms with E-state index in [2.05, 4.69) is 23.3 Å². The highest BCUT2D eigenvalue weighted by molar-refractivity contribution is 6.00. The van der Waals surface area contributed by atoms with Crippen LogP contribution in [0.3, 0.4) is 0 Å². The van der Waals surface area contributed by atoms with Gasteiger partial charge in [-0.2, -0.15) is 0 Å². The van der Waals surface area contributed by atoms with E-state index in [0.717, 1.165) is 43.7 Å². The standard InChI is InChI=1S/C17H25N3O/c1-19-11-5-8-14(19)12-20(2)17(21)15-9-3-6-13-7-4-10-18-16(13)15/h3,6,9,14,18H,4-5,7-8,10-12H2,1-2H3. The average Bonchev–Trinajstić information content (AvgIpc) is 2.91. The summed E-state index contributed by atoms with van der Waals surface area (Å²) >= 11 is 0. The fourth-order valence-corrected chi connectivity index (χ4v) is 3.50. The number of anilines is 1. The van der Waals surface area contributed by atoms with E-state index in [1.165, 1.54) is 18.4 Å². The number of nitrogens with zero attached hydrogens (tertiary/aromatic N) is 2. The predicted octanol–water partition coefficient (Wildman–Crippen LogP) is 2.21. The monoisotopic (exact) mass is 287 g/mol. The summed E-state index contributed by atoms with van der Waals surface area (Å²) in [6, 6.07) is 6.60. The van der Waals surface area contributed by atoms with Crippen molar-refractivity contribution in [3.63, 3.8) is 0 Å². The molecule has 1 aromatic carbocycles. The minimum absolute atomic E-state index is 0.140. The molecule has 3 rings (SSSR count). The highest BCUT2D eigenvalue weighted by Crippen LogP contribution is 2.27. The van der Waals surface area contributed by atoms with Gasteiger partial charge >= 0.3 is 0 Å². The van der Waals surface area contributed by atoms with E-state index in [9.17, 15) is 4.79 Å². The Kier molecular flexibility index (Phi) is 4.15. The van der Waals surface area contributed by atoms with Crippen LogP contribution in [0.2, 0.25) is 0 Å². The topological polar surface area (TPSA) is 35.6 Å². The lowest BCUT2D eigenvalue weighted by molar-refractivity contribution is 0.0762. The van der Waals surface area contributed by atoms with Gasteiger partial charge < -0.3 is 15.1 Å². The summed E-state index contributed by atoms with van der Waals surface area (Å²) in [7, 11) is 4.08. The number of fused-ring (bicyclic) bond motifs is 1. The largest absolute Gasteiger partial charge is 0.384 e. The molecule has 0 saturated carbocycles. The summed E-state index contributed by atoms with van der Waals surface area (Å²) in [4.78, 5) is 17.0. The fraction of sp³-hybridized carbons (Fsp3) is 0.588. The number of rotatable bonds is 3. The van der Waals surface area contributed by atoms with Gasteiger partial charge in [0.1, 0.15) is 0 Å². The van der Waals surface area contributed by atoms with Crippen LogP contribution in [0.4, 0.5) is 5.69 Å². The van der Waals surface area contributed by atoms with E-state index in [0.29, 0.717) is 6.04 Å². The fourth-order valence-electron chi connectivity index (χ4n) is 3.50. The summed E-state index contributed by atoms with van der Waals surface area (Å²) in [5.74, 6) is 0.140. The minimum atomic E-state index is 0.140. The van der Waals surface area contributed by atoms with Crippen molar-refractivity contribution in [2.24, 2.45) is 0 Å². The molecule has 1 atom stereocenters. The van der Waals surface area contributed by atoms with Crippen molar-refractivity contribution in [1.82, 2.24) is 9.80 Å². The zero-order valence-electron chi connectivity index (χ0n) is 13.1. The molecule has 0 aromatic heterocycles. The normalized spacial score (nSPS) is 21.7. The molecular formula is C17H25N3O. The molecule has 0 spiro atoms. The van der Waals surface area contributed by atoms with Gasteiger partial charge in [-0.15, -0.1) is 0 Å². The Morgan fingerprint density at radius 3 is 3.05 bits per heavy atom. The number of amides is 1. The first-order chi connectivity index (χ1) is 10.2. The van der Waals surface area contributed by atoms with E-state index in [-0.39, 0.29) is 5.91 Å². The summed E-state index contributed by atoms with van der Waals surface area (Å²) in [6.07, 6.45) is 4.65. The maximum absolute atomic E-state index is 12.8. The molecule has 1 saturated heterocycles. The van der Waals surface area contributed by atoms with Gasteiger partial charge in [-0.25, -0.2) is 0 Å². The van der Waals surface area contributed by atoms with Crippen LogP contribution in [0.15, 0.2) is 18.2 Å². The summed E-state index contributed by atoms with van der Waals surface area (Å²) in [5, 5.41) is 3.41. The maximum atomic E-state index is 12.8. The van der Waals surface area contributed by atoms with Crippen molar-refractivity contribution >= 4 is 11.6 Å². The number of para-hydroxylation sites is 1. The summed E-state index contributed by atoms with van der Waals surface area (Å²) in [5.41, 5.74) is 3.16. The molecule has 1 N–H and O–H groups in total. The lowest BCUT2D eigenvalue weighted by atomic mass is 9.98. The first-order valence-electron chi connectivity index (χ1n) is 7.98. The molecule has 1 unspecified atom stereocenters. The second kappa shape index (κ2) is 6.06. The summed E-state index contributed by atoms with van der Waals surface area (Å²) in [6.45, 7) is 2.93. The molecule has 0 aliphatic carbocycles. The Morgan fingerprint density at radius 1 is 1.43 bits per heavy atom. The van der Waals surface area contributed by atoms with Crippen LogP contribution in [-0.2, 0) is 6.42 Å². The van der Waals surface area contributed by atoms with Gasteiger partial charge in [0.2, 0.25) is 0 Å². The number of benzene rings is 1. The lowest BCUT2D eigenvalue weighted by Gasteiger charge is -2.28. The van der Waals surface area contributed by atoms with Crippen LogP contribution < -0.4 is 5.32 Å². The van der Waals surface area contributed by atoms with Crippen LogP contribution in [0, 0.1) is 0 Å². The third-order valence-electron chi connectivity index (χ3n) is 4.81. The third-order valence-corrected chi connectivity index (χ3v) is 4.81. The minimum Gasteiger partial charge on any atom is -0.384 e. The van der Waals surface area contributed by atoms with Crippen molar-refractivity contribution in [2.75, 3.05) is 39.0 Å². The van der Waals surface area contributed by atoms with Crippen LogP contribution in [-0.4, -0.2) is 55.5 Å². The van der Waals surface area contributed by atoms with E-state index < -0.39 is 0 Å². The van der Waals surface area contributed by atoms with Crippen molar-refractivity contribution in [1.29, 1.82) is 0 Å². The molecule has 114 valence electrons. The van der Waals surface area contributed by atoms with Crippen LogP contribution in [0.1, 0.15) is 35.2 Å². The Hall–Kier alpha value is -1.55. The van der Waals surface area contributed by atoms with Gasteiger partial charge in [0.25, 0.3) is 5.91 Å². The van der Waals surface area contributed by atoms with Gasteiger partial charge in [-0.3, -0.25) is 4.79 Å². The van der Waals surface area contributed by atoms with Gasteiger partial charge in [-0.1, -0.05) is 12.1 Å². The van der Waals surface area contributed by atoms with Crippen LogP contribution in [0.5, 0.6) is 0 Å². The molecule has 2 aliphatic rings. The number of hydrogen-bond donors (Lipinski definition) is 1. The Labute approximate surface area is 127 Å². The SMILES string of the molecule is CN(CC1CCCN1C)C(=O)c1cccc2c1NCCC2. The number of carbonyl (C=O) groups is 1. The molecule has 21 heavy (non-hydrogen) atoms. The third kappa shape index (κ3) is 2.91. The van der Waals surface area contributed by atoms with Crippen molar-refractivity contribution in [2.45, 2.75) is 31.7 Å². The molecule has 1 amide bonds. The number of nitrogens with one attached hydrogen (secondary N) is 1. The first-order valence-corrected chi connectivity index (χ1v) is 7.98. The molecule has 1 aromatic rings. The Bertz CT molecular complexity index is 529. The van der Waals surface area contributed by atoms with Crippen molar-refractivity contribution in [3.05, 3.63) is 29.3 Å². The van der Waals surface area contributed by atoms with Crippen molar-refractivity contribution < 1.29 is 4.79 Å². The highest BCUT2D eigenvalue weighted by Gasteiger charge is 2.26. The Morgan fingerprint density at radius 2 is 2.29 bits per heavy atom. The van der Waals surface area contributed by atoms with E-state index in [1.807, 2.05) is 24.1 Å². The molecular weight excluding hydrogens is 262 g/mol. The molecule has 4 heteroatoms. The molecule has 0 radical (unpaired) electrons. The molecule has 4 nitrogen and oxygen atoms in total. The second-order valence-electron chi connectivity index (χ2n) is 6.33. The first kappa shape index (κ1) is 14.4. The van der Waals surface area contributed by atoms with Crippen molar-refractivity contribution in [3.8, 4) is 0 Å². The van der Waals surface area contributed by atoms with E-state index >= 15 is 0 Å². The van der Waals surface area contributed by atoms with Crippen LogP contribution >= 0.6 is 0 Å². The highest BCUT2D eigenvalue weighted by atomic mass is 16.2. The van der Waals surface area contributed by atoms with E-state index in [1.54, 1.807) is 0 Å². The zero-order chi connectivity index (χ0) is 14.8. The number of likely N-dealkylation sites (N-methyl/N-ethyl adjacent to an activating group) is 2.